The molecule has 1 aromatic carbocycles. The highest BCUT2D eigenvalue weighted by atomic mass is 19.1. The topological polar surface area (TPSA) is 67.4 Å². The van der Waals surface area contributed by atoms with Crippen LogP contribution in [0.25, 0.3) is 0 Å². The first-order chi connectivity index (χ1) is 14.3. The number of hydrogen-bond acceptors (Lipinski definition) is 5. The summed E-state index contributed by atoms with van der Waals surface area (Å²) in [5.41, 5.74) is 1.49. The van der Waals surface area contributed by atoms with E-state index in [0.29, 0.717) is 38.7 Å². The third-order valence-corrected chi connectivity index (χ3v) is 4.98. The van der Waals surface area contributed by atoms with Crippen LogP contribution in [0.4, 0.5) is 10.1 Å². The molecule has 1 aromatic rings. The van der Waals surface area contributed by atoms with Crippen molar-refractivity contribution in [2.75, 3.05) is 64.1 Å². The number of hydrogen-bond donors (Lipinski definition) is 2. The van der Waals surface area contributed by atoms with Gasteiger partial charge in [0.1, 0.15) is 5.82 Å². The van der Waals surface area contributed by atoms with Crippen LogP contribution in [0, 0.1) is 5.82 Å². The number of nitrogens with zero attached hydrogens (tertiary/aromatic N) is 2. The predicted molar refractivity (Wildman–Crippen MR) is 112 cm³/mol. The molecule has 2 fully saturated rings. The zero-order chi connectivity index (χ0) is 20.3. The summed E-state index contributed by atoms with van der Waals surface area (Å²) in [6, 6.07) is 5.36. The van der Waals surface area contributed by atoms with Crippen molar-refractivity contribution in [2.24, 2.45) is 4.99 Å². The van der Waals surface area contributed by atoms with Gasteiger partial charge in [0.05, 0.1) is 38.2 Å². The number of anilines is 1. The molecule has 162 valence electrons. The van der Waals surface area contributed by atoms with Crippen LogP contribution in [0.15, 0.2) is 23.2 Å². The van der Waals surface area contributed by atoms with E-state index in [0.717, 1.165) is 57.2 Å². The Labute approximate surface area is 172 Å². The highest BCUT2D eigenvalue weighted by Crippen LogP contribution is 2.22. The van der Waals surface area contributed by atoms with Gasteiger partial charge in [-0.3, -0.25) is 0 Å². The van der Waals surface area contributed by atoms with E-state index in [4.69, 9.17) is 14.2 Å². The fraction of sp³-hybridized carbons (Fsp3) is 0.667. The van der Waals surface area contributed by atoms with E-state index in [1.165, 1.54) is 0 Å². The van der Waals surface area contributed by atoms with Crippen molar-refractivity contribution in [2.45, 2.75) is 32.4 Å². The van der Waals surface area contributed by atoms with Crippen molar-refractivity contribution >= 4 is 11.6 Å². The summed E-state index contributed by atoms with van der Waals surface area (Å²) in [5.74, 6) is 0.528. The maximum atomic E-state index is 14.5. The first kappa shape index (κ1) is 21.8. The number of ether oxygens (including phenoxy) is 3. The monoisotopic (exact) mass is 408 g/mol. The van der Waals surface area contributed by atoms with Gasteiger partial charge in [-0.05, 0) is 37.5 Å². The van der Waals surface area contributed by atoms with E-state index >= 15 is 0 Å². The van der Waals surface area contributed by atoms with E-state index in [1.807, 2.05) is 24.0 Å². The fourth-order valence-corrected chi connectivity index (χ4v) is 3.39. The molecule has 0 amide bonds. The number of rotatable bonds is 9. The Bertz CT molecular complexity index is 647. The first-order valence-electron chi connectivity index (χ1n) is 10.6. The molecule has 2 aliphatic rings. The van der Waals surface area contributed by atoms with Crippen molar-refractivity contribution in [1.82, 2.24) is 10.6 Å². The van der Waals surface area contributed by atoms with E-state index < -0.39 is 0 Å². The summed E-state index contributed by atoms with van der Waals surface area (Å²) < 4.78 is 30.9. The van der Waals surface area contributed by atoms with Gasteiger partial charge in [-0.15, -0.1) is 0 Å². The lowest BCUT2D eigenvalue weighted by Crippen LogP contribution is -2.38. The molecule has 2 aliphatic heterocycles. The molecule has 8 heteroatoms. The van der Waals surface area contributed by atoms with Crippen molar-refractivity contribution in [3.63, 3.8) is 0 Å². The quantitative estimate of drug-likeness (QED) is 0.370. The third-order valence-electron chi connectivity index (χ3n) is 4.98. The lowest BCUT2D eigenvalue weighted by atomic mass is 10.1. The Morgan fingerprint density at radius 1 is 1.24 bits per heavy atom. The zero-order valence-corrected chi connectivity index (χ0v) is 17.3. The van der Waals surface area contributed by atoms with Crippen molar-refractivity contribution in [3.8, 4) is 0 Å². The van der Waals surface area contributed by atoms with E-state index in [9.17, 15) is 4.39 Å². The Morgan fingerprint density at radius 2 is 2.10 bits per heavy atom. The van der Waals surface area contributed by atoms with Crippen molar-refractivity contribution in [1.29, 1.82) is 0 Å². The molecule has 1 atom stereocenters. The second-order valence-electron chi connectivity index (χ2n) is 7.22. The number of halogens is 1. The molecule has 0 saturated carbocycles. The molecule has 2 saturated heterocycles. The Morgan fingerprint density at radius 3 is 2.83 bits per heavy atom. The van der Waals surface area contributed by atoms with Crippen LogP contribution in [0.5, 0.6) is 0 Å². The van der Waals surface area contributed by atoms with Crippen LogP contribution in [0.1, 0.15) is 25.3 Å². The minimum Gasteiger partial charge on any atom is -0.379 e. The molecule has 7 nitrogen and oxygen atoms in total. The van der Waals surface area contributed by atoms with Gasteiger partial charge in [0.25, 0.3) is 0 Å². The van der Waals surface area contributed by atoms with Gasteiger partial charge in [0.15, 0.2) is 5.96 Å². The van der Waals surface area contributed by atoms with Gasteiger partial charge >= 0.3 is 0 Å². The number of guanidine groups is 1. The summed E-state index contributed by atoms with van der Waals surface area (Å²) in [7, 11) is 0. The minimum absolute atomic E-state index is 0.203. The Balaban J connectivity index is 1.45. The molecule has 2 N–H and O–H groups in total. The molecule has 0 radical (unpaired) electrons. The second-order valence-corrected chi connectivity index (χ2v) is 7.22. The van der Waals surface area contributed by atoms with Gasteiger partial charge in [0, 0.05) is 39.4 Å². The SMILES string of the molecule is CCNC(=NCc1ccc(N2CCOCC2)c(F)c1)NCCCOC1CCOC1. The number of benzene rings is 1. The van der Waals surface area contributed by atoms with Crippen LogP contribution in [-0.2, 0) is 20.8 Å². The Kier molecular flexibility index (Phi) is 8.98. The normalized spacial score (nSPS) is 20.1. The maximum Gasteiger partial charge on any atom is 0.191 e. The van der Waals surface area contributed by atoms with E-state index in [1.54, 1.807) is 6.07 Å². The molecular weight excluding hydrogens is 375 g/mol. The number of morpholine rings is 1. The summed E-state index contributed by atoms with van der Waals surface area (Å²) in [6.07, 6.45) is 2.12. The summed E-state index contributed by atoms with van der Waals surface area (Å²) >= 11 is 0. The lowest BCUT2D eigenvalue weighted by molar-refractivity contribution is 0.0420. The van der Waals surface area contributed by atoms with Crippen LogP contribution in [-0.4, -0.2) is 71.3 Å². The molecule has 0 aromatic heterocycles. The van der Waals surface area contributed by atoms with Crippen LogP contribution in [0.3, 0.4) is 0 Å². The van der Waals surface area contributed by atoms with Gasteiger partial charge in [-0.2, -0.15) is 0 Å². The highest BCUT2D eigenvalue weighted by molar-refractivity contribution is 5.79. The zero-order valence-electron chi connectivity index (χ0n) is 17.3. The smallest absolute Gasteiger partial charge is 0.191 e. The van der Waals surface area contributed by atoms with Gasteiger partial charge in [-0.25, -0.2) is 9.38 Å². The van der Waals surface area contributed by atoms with Crippen LogP contribution in [0.2, 0.25) is 0 Å². The number of nitrogens with one attached hydrogen (secondary N) is 2. The fourth-order valence-electron chi connectivity index (χ4n) is 3.39. The lowest BCUT2D eigenvalue weighted by Gasteiger charge is -2.29. The molecule has 0 aliphatic carbocycles. The largest absolute Gasteiger partial charge is 0.379 e. The molecule has 1 unspecified atom stereocenters. The Hall–Kier alpha value is -1.90. The third kappa shape index (κ3) is 7.13. The van der Waals surface area contributed by atoms with Gasteiger partial charge in [-0.1, -0.05) is 6.07 Å². The summed E-state index contributed by atoms with van der Waals surface area (Å²) in [6.45, 7) is 8.92. The molecule has 29 heavy (non-hydrogen) atoms. The average molecular weight is 409 g/mol. The van der Waals surface area contributed by atoms with Crippen molar-refractivity contribution in [3.05, 3.63) is 29.6 Å². The summed E-state index contributed by atoms with van der Waals surface area (Å²) in [5, 5.41) is 6.53. The molecule has 2 heterocycles. The van der Waals surface area contributed by atoms with Crippen molar-refractivity contribution < 1.29 is 18.6 Å². The first-order valence-corrected chi connectivity index (χ1v) is 10.6. The average Bonchev–Trinajstić information content (AvgIpc) is 3.26. The van der Waals surface area contributed by atoms with Crippen LogP contribution < -0.4 is 15.5 Å². The van der Waals surface area contributed by atoms with Gasteiger partial charge < -0.3 is 29.7 Å². The van der Waals surface area contributed by atoms with Gasteiger partial charge in [0.2, 0.25) is 0 Å². The highest BCUT2D eigenvalue weighted by Gasteiger charge is 2.16. The number of aliphatic imine (C=N–C) groups is 1. The standard InChI is InChI=1S/C21H33FN4O3/c1-2-23-21(24-7-3-10-29-18-6-11-28-16-18)25-15-17-4-5-20(19(22)14-17)26-8-12-27-13-9-26/h4-5,14,18H,2-3,6-13,15-16H2,1H3,(H2,23,24,25). The predicted octanol–water partition coefficient (Wildman–Crippen LogP) is 1.91. The summed E-state index contributed by atoms with van der Waals surface area (Å²) in [4.78, 5) is 6.60. The molecular formula is C21H33FN4O3. The maximum absolute atomic E-state index is 14.5. The molecule has 0 spiro atoms. The van der Waals surface area contributed by atoms with E-state index in [-0.39, 0.29) is 11.9 Å². The minimum atomic E-state index is -0.203. The molecule has 3 rings (SSSR count). The van der Waals surface area contributed by atoms with Crippen LogP contribution >= 0.6 is 0 Å². The van der Waals surface area contributed by atoms with E-state index in [2.05, 4.69) is 15.6 Å². The molecule has 0 bridgehead atoms. The second kappa shape index (κ2) is 11.9.